The number of nitrogens with zero attached hydrogens (tertiary/aromatic N) is 3. The molecule has 0 bridgehead atoms. The molecule has 0 aliphatic heterocycles. The van der Waals surface area contributed by atoms with E-state index in [-0.39, 0.29) is 0 Å². The van der Waals surface area contributed by atoms with Gasteiger partial charge in [-0.2, -0.15) is 0 Å². The number of hydrogen-bond acceptors (Lipinski definition) is 4. The SMILES string of the molecule is C=C/C(=C\C)c1nc(/C(C=C)=C/C=C\C)nc(-c2cc(Cl)cc(-c3ccc(/C(=C/CC)NC)cc3)c2)n1.CC.CC. The van der Waals surface area contributed by atoms with Crippen LogP contribution in [0.5, 0.6) is 0 Å². The smallest absolute Gasteiger partial charge is 0.164 e. The second-order valence-electron chi connectivity index (χ2n) is 8.19. The van der Waals surface area contributed by atoms with Crippen LogP contribution < -0.4 is 5.32 Å². The maximum Gasteiger partial charge on any atom is 0.164 e. The lowest BCUT2D eigenvalue weighted by atomic mass is 10.0. The van der Waals surface area contributed by atoms with Gasteiger partial charge in [0.25, 0.3) is 0 Å². The molecular weight excluding hydrogens is 524 g/mol. The van der Waals surface area contributed by atoms with Crippen molar-refractivity contribution in [3.05, 3.63) is 120 Å². The van der Waals surface area contributed by atoms with Crippen molar-refractivity contribution in [2.24, 2.45) is 0 Å². The first-order chi connectivity index (χ1) is 20.0. The molecule has 0 saturated heterocycles. The van der Waals surface area contributed by atoms with Gasteiger partial charge in [0.2, 0.25) is 0 Å². The van der Waals surface area contributed by atoms with Crippen molar-refractivity contribution >= 4 is 28.4 Å². The van der Waals surface area contributed by atoms with Gasteiger partial charge in [-0.25, -0.2) is 15.0 Å². The van der Waals surface area contributed by atoms with Gasteiger partial charge in [-0.05, 0) is 55.2 Å². The Hall–Kier alpha value is -4.02. The summed E-state index contributed by atoms with van der Waals surface area (Å²) in [6.45, 7) is 21.9. The zero-order valence-electron chi connectivity index (χ0n) is 25.9. The standard InChI is InChI=1S/C32H33ClN4.2C2H6/c1-7-12-14-23(11-5)31-35-30(22(9-3)10-4)36-32(37-31)27-19-26(20-28(33)21-27)24-15-17-25(18-16-24)29(34-6)13-8-2;2*1-2/h7,9-21,34H,3,5,8H2,1-2,4,6H3;2*1-2H3/b12-7-,22-10+,23-14+,29-13-;;. The molecule has 3 rings (SSSR count). The third kappa shape index (κ3) is 9.84. The minimum absolute atomic E-state index is 0.526. The first-order valence-electron chi connectivity index (χ1n) is 14.3. The predicted molar refractivity (Wildman–Crippen MR) is 183 cm³/mol. The zero-order valence-corrected chi connectivity index (χ0v) is 26.7. The van der Waals surface area contributed by atoms with Gasteiger partial charge in [0, 0.05) is 34.5 Å². The highest BCUT2D eigenvalue weighted by molar-refractivity contribution is 6.31. The van der Waals surface area contributed by atoms with Gasteiger partial charge in [0.15, 0.2) is 17.5 Å². The van der Waals surface area contributed by atoms with Crippen LogP contribution in [0.25, 0.3) is 39.4 Å². The number of aromatic nitrogens is 3. The third-order valence-electron chi connectivity index (χ3n) is 5.73. The van der Waals surface area contributed by atoms with E-state index in [1.165, 1.54) is 0 Å². The number of rotatable bonds is 10. The molecule has 0 aliphatic rings. The normalized spacial score (nSPS) is 11.7. The van der Waals surface area contributed by atoms with Crippen molar-refractivity contribution in [1.29, 1.82) is 0 Å². The van der Waals surface area contributed by atoms with E-state index in [2.05, 4.69) is 61.8 Å². The van der Waals surface area contributed by atoms with Crippen molar-refractivity contribution in [1.82, 2.24) is 20.3 Å². The van der Waals surface area contributed by atoms with Gasteiger partial charge < -0.3 is 5.32 Å². The monoisotopic (exact) mass is 568 g/mol. The van der Waals surface area contributed by atoms with Crippen molar-refractivity contribution in [2.45, 2.75) is 54.9 Å². The number of allylic oxidation sites excluding steroid dienone is 9. The van der Waals surface area contributed by atoms with Crippen molar-refractivity contribution in [3.8, 4) is 22.5 Å². The van der Waals surface area contributed by atoms with Crippen molar-refractivity contribution < 1.29 is 0 Å². The highest BCUT2D eigenvalue weighted by Gasteiger charge is 2.14. The predicted octanol–water partition coefficient (Wildman–Crippen LogP) is 10.6. The first kappa shape index (κ1) is 35.0. The van der Waals surface area contributed by atoms with Gasteiger partial charge >= 0.3 is 0 Å². The largest absolute Gasteiger partial charge is 0.388 e. The van der Waals surface area contributed by atoms with E-state index >= 15 is 0 Å². The van der Waals surface area contributed by atoms with Crippen LogP contribution in [-0.4, -0.2) is 22.0 Å². The van der Waals surface area contributed by atoms with Gasteiger partial charge in [-0.3, -0.25) is 0 Å². The molecule has 0 unspecified atom stereocenters. The average Bonchev–Trinajstić information content (AvgIpc) is 3.02. The zero-order chi connectivity index (χ0) is 30.8. The summed E-state index contributed by atoms with van der Waals surface area (Å²) in [4.78, 5) is 14.3. The second kappa shape index (κ2) is 19.1. The van der Waals surface area contributed by atoms with Crippen LogP contribution in [0.4, 0.5) is 0 Å². The molecule has 41 heavy (non-hydrogen) atoms. The molecule has 0 fully saturated rings. The molecule has 3 aromatic rings. The summed E-state index contributed by atoms with van der Waals surface area (Å²) in [5.41, 5.74) is 6.68. The molecule has 0 radical (unpaired) electrons. The maximum atomic E-state index is 6.60. The summed E-state index contributed by atoms with van der Waals surface area (Å²) in [6, 6.07) is 14.3. The molecule has 0 aliphatic carbocycles. The Kier molecular flexibility index (Phi) is 16.3. The fourth-order valence-electron chi connectivity index (χ4n) is 3.83. The number of nitrogens with one attached hydrogen (secondary N) is 1. The van der Waals surface area contributed by atoms with Crippen LogP contribution >= 0.6 is 11.6 Å². The summed E-state index contributed by atoms with van der Waals surface area (Å²) >= 11 is 6.60. The fraction of sp³-hybridized carbons (Fsp3) is 0.250. The highest BCUT2D eigenvalue weighted by Crippen LogP contribution is 2.31. The lowest BCUT2D eigenvalue weighted by molar-refractivity contribution is 1.00. The van der Waals surface area contributed by atoms with Crippen LogP contribution in [0.1, 0.15) is 72.1 Å². The van der Waals surface area contributed by atoms with Crippen molar-refractivity contribution in [3.63, 3.8) is 0 Å². The number of hydrogen-bond donors (Lipinski definition) is 1. The Morgan fingerprint density at radius 2 is 1.41 bits per heavy atom. The molecule has 216 valence electrons. The molecule has 0 saturated carbocycles. The second-order valence-corrected chi connectivity index (χ2v) is 8.62. The summed E-state index contributed by atoms with van der Waals surface area (Å²) in [5.74, 6) is 1.60. The molecule has 4 nitrogen and oxygen atoms in total. The average molecular weight is 569 g/mol. The Morgan fingerprint density at radius 1 is 0.829 bits per heavy atom. The summed E-state index contributed by atoms with van der Waals surface area (Å²) < 4.78 is 0. The first-order valence-corrected chi connectivity index (χ1v) is 14.7. The molecule has 2 aromatic carbocycles. The molecule has 0 spiro atoms. The lowest BCUT2D eigenvalue weighted by Gasteiger charge is -2.12. The van der Waals surface area contributed by atoms with Crippen LogP contribution in [-0.2, 0) is 0 Å². The quantitative estimate of drug-likeness (QED) is 0.247. The maximum absolute atomic E-state index is 6.60. The molecule has 1 aromatic heterocycles. The Bertz CT molecular complexity index is 1390. The van der Waals surface area contributed by atoms with Gasteiger partial charge in [-0.1, -0.05) is 126 Å². The molecule has 1 heterocycles. The van der Waals surface area contributed by atoms with Crippen LogP contribution in [0.3, 0.4) is 0 Å². The molecule has 5 heteroatoms. The van der Waals surface area contributed by atoms with E-state index in [1.54, 1.807) is 12.2 Å². The molecule has 0 amide bonds. The third-order valence-corrected chi connectivity index (χ3v) is 5.95. The van der Waals surface area contributed by atoms with Gasteiger partial charge in [0.1, 0.15) is 0 Å². The van der Waals surface area contributed by atoms with Crippen LogP contribution in [0.15, 0.2) is 98.2 Å². The molecule has 0 atom stereocenters. The topological polar surface area (TPSA) is 50.7 Å². The van der Waals surface area contributed by atoms with E-state index in [0.29, 0.717) is 22.5 Å². The minimum Gasteiger partial charge on any atom is -0.388 e. The highest BCUT2D eigenvalue weighted by atomic mass is 35.5. The summed E-state index contributed by atoms with van der Waals surface area (Å²) in [7, 11) is 1.94. The Morgan fingerprint density at radius 3 is 1.93 bits per heavy atom. The van der Waals surface area contributed by atoms with E-state index in [0.717, 1.165) is 45.5 Å². The fourth-order valence-corrected chi connectivity index (χ4v) is 4.07. The Balaban J connectivity index is 0.00000201. The number of benzene rings is 2. The number of halogens is 1. The van der Waals surface area contributed by atoms with Crippen LogP contribution in [0, 0.1) is 0 Å². The summed E-state index contributed by atoms with van der Waals surface area (Å²) in [5, 5.41) is 3.87. The lowest BCUT2D eigenvalue weighted by Crippen LogP contribution is -2.04. The van der Waals surface area contributed by atoms with E-state index < -0.39 is 0 Å². The van der Waals surface area contributed by atoms with E-state index in [4.69, 9.17) is 26.6 Å². The minimum atomic E-state index is 0.526. The van der Waals surface area contributed by atoms with Crippen LogP contribution in [0.2, 0.25) is 5.02 Å². The summed E-state index contributed by atoms with van der Waals surface area (Å²) in [6.07, 6.45) is 14.3. The molecular formula is C36H45ClN4. The van der Waals surface area contributed by atoms with E-state index in [9.17, 15) is 0 Å². The van der Waals surface area contributed by atoms with Crippen molar-refractivity contribution in [2.75, 3.05) is 7.05 Å². The molecule has 1 N–H and O–H groups in total. The van der Waals surface area contributed by atoms with Gasteiger partial charge in [0.05, 0.1) is 0 Å². The Labute approximate surface area is 253 Å². The van der Waals surface area contributed by atoms with Gasteiger partial charge in [-0.15, -0.1) is 0 Å². The van der Waals surface area contributed by atoms with E-state index in [1.807, 2.05) is 85.0 Å².